The van der Waals surface area contributed by atoms with E-state index in [9.17, 15) is 5.26 Å². The number of anilines is 1. The summed E-state index contributed by atoms with van der Waals surface area (Å²) in [5, 5.41) is 19.7. The number of aromatic nitrogens is 5. The number of piperidine rings is 1. The molecule has 0 unspecified atom stereocenters. The van der Waals surface area contributed by atoms with Crippen molar-refractivity contribution in [2.75, 3.05) is 24.5 Å². The quantitative estimate of drug-likeness (QED) is 0.564. The Hall–Kier alpha value is -3.02. The van der Waals surface area contributed by atoms with E-state index in [1.54, 1.807) is 0 Å². The van der Waals surface area contributed by atoms with Crippen LogP contribution in [0.5, 0.6) is 0 Å². The smallest absolute Gasteiger partial charge is 0.151 e. The van der Waals surface area contributed by atoms with Gasteiger partial charge in [-0.15, -0.1) is 10.2 Å². The molecule has 0 amide bonds. The lowest BCUT2D eigenvalue weighted by atomic mass is 9.95. The van der Waals surface area contributed by atoms with Crippen molar-refractivity contribution in [1.29, 1.82) is 5.26 Å². The van der Waals surface area contributed by atoms with Gasteiger partial charge in [0.15, 0.2) is 5.82 Å². The molecule has 1 saturated heterocycles. The topological polar surface area (TPSA) is 86.8 Å². The lowest BCUT2D eigenvalue weighted by Gasteiger charge is -2.32. The number of hydrogen-bond donors (Lipinski definition) is 0. The van der Waals surface area contributed by atoms with Crippen LogP contribution in [0.15, 0.2) is 30.5 Å². The summed E-state index contributed by atoms with van der Waals surface area (Å²) in [4.78, 5) is 13.5. The molecule has 1 aromatic carbocycles. The van der Waals surface area contributed by atoms with E-state index in [2.05, 4.69) is 47.6 Å². The lowest BCUT2D eigenvalue weighted by molar-refractivity contribution is 0.223. The number of benzene rings is 1. The minimum Gasteiger partial charge on any atom is -0.356 e. The number of rotatable bonds is 4. The summed E-state index contributed by atoms with van der Waals surface area (Å²) < 4.78 is 2.26. The fraction of sp³-hybridized carbons (Fsp3) is 0.480. The van der Waals surface area contributed by atoms with Crippen molar-refractivity contribution in [3.05, 3.63) is 58.5 Å². The van der Waals surface area contributed by atoms with Gasteiger partial charge in [0.25, 0.3) is 0 Å². The largest absolute Gasteiger partial charge is 0.356 e. The minimum absolute atomic E-state index is 0.205. The summed E-state index contributed by atoms with van der Waals surface area (Å²) in [6.45, 7) is 5.97. The highest BCUT2D eigenvalue weighted by molar-refractivity contribution is 6.30. The normalized spacial score (nSPS) is 19.7. The molecule has 0 N–H and O–H groups in total. The van der Waals surface area contributed by atoms with Gasteiger partial charge >= 0.3 is 0 Å². The summed E-state index contributed by atoms with van der Waals surface area (Å²) in [6, 6.07) is 10.6. The summed E-state index contributed by atoms with van der Waals surface area (Å²) in [5.74, 6) is 4.09. The number of halogens is 1. The summed E-state index contributed by atoms with van der Waals surface area (Å²) in [6.07, 6.45) is 5.76. The molecule has 0 atom stereocenters. The SMILES string of the molecule is Cc1nccc(N2CCC(c3nnc4n3-c3ccc(Cl)cc3CN(CC3(C#N)CC3)C4)CC2)n1. The Kier molecular flexibility index (Phi) is 5.27. The highest BCUT2D eigenvalue weighted by atomic mass is 35.5. The lowest BCUT2D eigenvalue weighted by Crippen LogP contribution is -2.34. The molecule has 1 aliphatic carbocycles. The molecule has 3 aromatic rings. The molecule has 9 heteroatoms. The van der Waals surface area contributed by atoms with Crippen LogP contribution in [-0.2, 0) is 13.1 Å². The first kappa shape index (κ1) is 21.5. The molecule has 0 radical (unpaired) electrons. The van der Waals surface area contributed by atoms with E-state index in [1.165, 1.54) is 0 Å². The van der Waals surface area contributed by atoms with Crippen molar-refractivity contribution in [2.24, 2.45) is 5.41 Å². The predicted molar refractivity (Wildman–Crippen MR) is 129 cm³/mol. The van der Waals surface area contributed by atoms with E-state index in [-0.39, 0.29) is 5.41 Å². The summed E-state index contributed by atoms with van der Waals surface area (Å²) in [5.41, 5.74) is 2.07. The number of nitriles is 1. The van der Waals surface area contributed by atoms with Crippen molar-refractivity contribution >= 4 is 17.4 Å². The average molecular weight is 475 g/mol. The molecule has 2 aromatic heterocycles. The van der Waals surface area contributed by atoms with Crippen LogP contribution in [0.25, 0.3) is 5.69 Å². The molecule has 1 saturated carbocycles. The van der Waals surface area contributed by atoms with E-state index < -0.39 is 0 Å². The first-order valence-corrected chi connectivity index (χ1v) is 12.3. The Morgan fingerprint density at radius 2 is 1.97 bits per heavy atom. The van der Waals surface area contributed by atoms with Crippen molar-refractivity contribution in [3.63, 3.8) is 0 Å². The van der Waals surface area contributed by atoms with Gasteiger partial charge in [-0.3, -0.25) is 9.47 Å². The summed E-state index contributed by atoms with van der Waals surface area (Å²) in [7, 11) is 0. The predicted octanol–water partition coefficient (Wildman–Crippen LogP) is 4.02. The minimum atomic E-state index is -0.205. The standard InChI is InChI=1S/C25H27ClN8/c1-17-28-9-4-22(29-17)33-10-5-18(6-11-33)24-31-30-23-14-32(16-25(15-27)7-8-25)13-19-12-20(26)2-3-21(19)34(23)24/h2-4,9,12,18H,5-8,10-11,13-14,16H2,1H3. The van der Waals surface area contributed by atoms with Crippen molar-refractivity contribution in [3.8, 4) is 11.8 Å². The maximum absolute atomic E-state index is 9.64. The molecule has 34 heavy (non-hydrogen) atoms. The van der Waals surface area contributed by atoms with E-state index in [4.69, 9.17) is 16.7 Å². The molecule has 3 aliphatic rings. The number of aryl methyl sites for hydroxylation is 1. The first-order chi connectivity index (χ1) is 16.5. The van der Waals surface area contributed by atoms with Crippen LogP contribution in [0.1, 0.15) is 54.6 Å². The molecule has 8 nitrogen and oxygen atoms in total. The van der Waals surface area contributed by atoms with Crippen molar-refractivity contribution < 1.29 is 0 Å². The highest BCUT2D eigenvalue weighted by Crippen LogP contribution is 2.46. The number of hydrogen-bond acceptors (Lipinski definition) is 7. The zero-order valence-corrected chi connectivity index (χ0v) is 20.0. The molecule has 0 bridgehead atoms. The first-order valence-electron chi connectivity index (χ1n) is 11.9. The monoisotopic (exact) mass is 474 g/mol. The summed E-state index contributed by atoms with van der Waals surface area (Å²) >= 11 is 6.40. The molecular weight excluding hydrogens is 448 g/mol. The van der Waals surface area contributed by atoms with Crippen LogP contribution in [0.2, 0.25) is 5.02 Å². The molecular formula is C25H27ClN8. The molecule has 174 valence electrons. The van der Waals surface area contributed by atoms with Crippen LogP contribution in [0, 0.1) is 23.7 Å². The Morgan fingerprint density at radius 1 is 1.15 bits per heavy atom. The van der Waals surface area contributed by atoms with E-state index in [1.807, 2.05) is 25.3 Å². The van der Waals surface area contributed by atoms with Crippen molar-refractivity contribution in [1.82, 2.24) is 29.6 Å². The molecule has 2 fully saturated rings. The van der Waals surface area contributed by atoms with Gasteiger partial charge in [-0.2, -0.15) is 5.26 Å². The van der Waals surface area contributed by atoms with Crippen LogP contribution >= 0.6 is 11.6 Å². The second-order valence-corrected chi connectivity index (χ2v) is 10.3. The van der Waals surface area contributed by atoms with Gasteiger partial charge in [0.2, 0.25) is 0 Å². The van der Waals surface area contributed by atoms with E-state index in [0.717, 1.165) is 91.4 Å². The Labute approximate surface area is 204 Å². The zero-order chi connectivity index (χ0) is 23.3. The maximum atomic E-state index is 9.64. The second kappa shape index (κ2) is 8.33. The van der Waals surface area contributed by atoms with Crippen LogP contribution < -0.4 is 4.90 Å². The Balaban J connectivity index is 1.29. The van der Waals surface area contributed by atoms with Crippen LogP contribution in [0.3, 0.4) is 0 Å². The number of fused-ring (bicyclic) bond motifs is 3. The zero-order valence-electron chi connectivity index (χ0n) is 19.3. The molecule has 0 spiro atoms. The van der Waals surface area contributed by atoms with E-state index >= 15 is 0 Å². The Bertz CT molecular complexity index is 1270. The van der Waals surface area contributed by atoms with Gasteiger partial charge in [-0.05, 0) is 62.4 Å². The fourth-order valence-electron chi connectivity index (χ4n) is 5.34. The molecule has 4 heterocycles. The van der Waals surface area contributed by atoms with Crippen LogP contribution in [0.4, 0.5) is 5.82 Å². The Morgan fingerprint density at radius 3 is 2.71 bits per heavy atom. The van der Waals surface area contributed by atoms with Crippen LogP contribution in [-0.4, -0.2) is 49.3 Å². The van der Waals surface area contributed by atoms with Crippen molar-refractivity contribution in [2.45, 2.75) is 51.6 Å². The third kappa shape index (κ3) is 3.93. The molecule has 2 aliphatic heterocycles. The molecule has 6 rings (SSSR count). The third-order valence-corrected chi connectivity index (χ3v) is 7.59. The van der Waals surface area contributed by atoms with Gasteiger partial charge in [0, 0.05) is 43.3 Å². The van der Waals surface area contributed by atoms with Gasteiger partial charge < -0.3 is 4.90 Å². The van der Waals surface area contributed by atoms with E-state index in [0.29, 0.717) is 12.5 Å². The van der Waals surface area contributed by atoms with Gasteiger partial charge in [-0.25, -0.2) is 9.97 Å². The van der Waals surface area contributed by atoms with Gasteiger partial charge in [0.05, 0.1) is 23.7 Å². The second-order valence-electron chi connectivity index (χ2n) is 9.84. The maximum Gasteiger partial charge on any atom is 0.151 e. The third-order valence-electron chi connectivity index (χ3n) is 7.36. The van der Waals surface area contributed by atoms with Gasteiger partial charge in [0.1, 0.15) is 17.5 Å². The number of nitrogens with zero attached hydrogens (tertiary/aromatic N) is 8. The fourth-order valence-corrected chi connectivity index (χ4v) is 5.53. The average Bonchev–Trinajstić information content (AvgIpc) is 3.53. The highest BCUT2D eigenvalue weighted by Gasteiger charge is 2.45. The van der Waals surface area contributed by atoms with Gasteiger partial charge in [-0.1, -0.05) is 11.6 Å².